The van der Waals surface area contributed by atoms with E-state index in [1.54, 1.807) is 0 Å². The summed E-state index contributed by atoms with van der Waals surface area (Å²) in [4.78, 5) is 40.0. The number of allylic oxidation sites excluding steroid dienone is 3. The summed E-state index contributed by atoms with van der Waals surface area (Å²) in [5.41, 5.74) is 0. The number of ether oxygens (including phenoxy) is 1. The number of carbonyl (C=O) groups excluding carboxylic acids is 2. The van der Waals surface area contributed by atoms with Crippen LogP contribution in [0.5, 0.6) is 0 Å². The summed E-state index contributed by atoms with van der Waals surface area (Å²) in [5.74, 6) is -0.524. The van der Waals surface area contributed by atoms with Crippen molar-refractivity contribution < 1.29 is 37.3 Å². The molecule has 0 aromatic carbocycles. The predicted molar refractivity (Wildman–Crippen MR) is 321 cm³/mol. The Morgan fingerprint density at radius 1 is 0.453 bits per heavy atom. The molecule has 0 radical (unpaired) electrons. The molecule has 3 unspecified atom stereocenters. The van der Waals surface area contributed by atoms with Crippen molar-refractivity contribution in [3.05, 3.63) is 24.3 Å². The Bertz CT molecular complexity index is 1340. The molecule has 0 aliphatic carbocycles. The highest BCUT2D eigenvalue weighted by atomic mass is 31.2. The maximum Gasteiger partial charge on any atom is 0.306 e. The van der Waals surface area contributed by atoms with Gasteiger partial charge in [-0.3, -0.25) is 14.2 Å². The van der Waals surface area contributed by atoms with Crippen LogP contribution < -0.4 is 10.2 Å². The maximum absolute atomic E-state index is 13.5. The molecule has 75 heavy (non-hydrogen) atoms. The molecule has 0 saturated carbocycles. The summed E-state index contributed by atoms with van der Waals surface area (Å²) in [5, 5.41) is 3.04. The first kappa shape index (κ1) is 73.5. The number of unbranched alkanes of at least 4 members (excludes halogenated alkanes) is 42. The lowest BCUT2D eigenvalue weighted by molar-refractivity contribution is -0.870. The molecule has 0 aliphatic rings. The zero-order chi connectivity index (χ0) is 55.0. The number of rotatable bonds is 60. The van der Waals surface area contributed by atoms with Crippen LogP contribution in [0.2, 0.25) is 0 Å². The second-order valence-corrected chi connectivity index (χ2v) is 25.0. The highest BCUT2D eigenvalue weighted by Gasteiger charge is 2.27. The molecule has 0 bridgehead atoms. The third-order valence-corrected chi connectivity index (χ3v) is 15.8. The largest absolute Gasteiger partial charge is 0.756 e. The van der Waals surface area contributed by atoms with E-state index in [4.69, 9.17) is 13.8 Å². The van der Waals surface area contributed by atoms with Gasteiger partial charge in [0.2, 0.25) is 5.91 Å². The number of hydrogen-bond acceptors (Lipinski definition) is 7. The van der Waals surface area contributed by atoms with Gasteiger partial charge in [-0.25, -0.2) is 0 Å². The first-order valence-corrected chi connectivity index (χ1v) is 34.1. The van der Waals surface area contributed by atoms with Crippen molar-refractivity contribution in [1.82, 2.24) is 5.32 Å². The Kier molecular flexibility index (Phi) is 54.7. The monoisotopic (exact) mass is 1080 g/mol. The van der Waals surface area contributed by atoms with E-state index < -0.39 is 20.0 Å². The van der Waals surface area contributed by atoms with Gasteiger partial charge in [0.1, 0.15) is 19.3 Å². The number of carbonyl (C=O) groups is 2. The smallest absolute Gasteiger partial charge is 0.306 e. The molecular formula is C65H127N2O7P. The molecule has 0 aromatic rings. The van der Waals surface area contributed by atoms with E-state index in [9.17, 15) is 19.0 Å². The zero-order valence-electron chi connectivity index (χ0n) is 50.8. The molecule has 444 valence electrons. The van der Waals surface area contributed by atoms with Crippen LogP contribution in [0, 0.1) is 0 Å². The van der Waals surface area contributed by atoms with Gasteiger partial charge in [0.15, 0.2) is 0 Å². The number of nitrogens with one attached hydrogen (secondary N) is 1. The summed E-state index contributed by atoms with van der Waals surface area (Å²) >= 11 is 0. The van der Waals surface area contributed by atoms with E-state index in [2.05, 4.69) is 38.2 Å². The number of phosphoric ester groups is 1. The van der Waals surface area contributed by atoms with Gasteiger partial charge in [0.25, 0.3) is 7.82 Å². The molecule has 0 saturated heterocycles. The Hall–Kier alpha value is -1.51. The molecule has 0 heterocycles. The highest BCUT2D eigenvalue weighted by molar-refractivity contribution is 7.45. The van der Waals surface area contributed by atoms with Gasteiger partial charge in [0.05, 0.1) is 33.8 Å². The minimum Gasteiger partial charge on any atom is -0.756 e. The number of amides is 1. The molecular weight excluding hydrogens is 952 g/mol. The number of hydrogen-bond donors (Lipinski definition) is 1. The van der Waals surface area contributed by atoms with Crippen molar-refractivity contribution >= 4 is 19.7 Å². The average Bonchev–Trinajstić information content (AvgIpc) is 3.37. The summed E-state index contributed by atoms with van der Waals surface area (Å²) < 4.78 is 30.3. The third-order valence-electron chi connectivity index (χ3n) is 14.9. The van der Waals surface area contributed by atoms with Gasteiger partial charge in [-0.1, -0.05) is 283 Å². The standard InChI is InChI=1S/C65H127N2O7P/c1-7-10-13-16-19-22-25-27-29-31-32-33-34-36-37-39-42-45-48-51-54-57-64(68)66-62(61-73-75(70,71)72-60-59-67(4,5)6)63(56-53-50-47-44-41-24-21-18-15-12-9-3)74-65(69)58-55-52-49-46-43-40-38-35-30-28-26-23-20-17-14-11-8-2/h27,29,53,56,62-63H,7-26,28,30-52,54-55,57-61H2,1-6H3,(H-,66,68,70,71)/b29-27+,56-53+. The fraction of sp³-hybridized carbons (Fsp3) is 0.908. The Balaban J connectivity index is 5.11. The van der Waals surface area contributed by atoms with Crippen LogP contribution in [-0.2, 0) is 27.9 Å². The van der Waals surface area contributed by atoms with Crippen LogP contribution in [0.15, 0.2) is 24.3 Å². The lowest BCUT2D eigenvalue weighted by atomic mass is 10.0. The quantitative estimate of drug-likeness (QED) is 0.0212. The Morgan fingerprint density at radius 3 is 1.13 bits per heavy atom. The molecule has 1 amide bonds. The van der Waals surface area contributed by atoms with Gasteiger partial charge in [-0.2, -0.15) is 0 Å². The molecule has 0 spiro atoms. The lowest BCUT2D eigenvalue weighted by Crippen LogP contribution is -2.47. The van der Waals surface area contributed by atoms with E-state index in [0.717, 1.165) is 57.8 Å². The summed E-state index contributed by atoms with van der Waals surface area (Å²) in [6.45, 7) is 6.88. The summed E-state index contributed by atoms with van der Waals surface area (Å²) in [7, 11) is 1.20. The molecule has 0 rings (SSSR count). The topological polar surface area (TPSA) is 114 Å². The number of phosphoric acid groups is 1. The van der Waals surface area contributed by atoms with E-state index in [1.165, 1.54) is 238 Å². The number of likely N-dealkylation sites (N-methyl/N-ethyl adjacent to an activating group) is 1. The second-order valence-electron chi connectivity index (χ2n) is 23.6. The number of nitrogens with zero attached hydrogens (tertiary/aromatic N) is 1. The van der Waals surface area contributed by atoms with Crippen LogP contribution >= 0.6 is 7.82 Å². The number of esters is 1. The van der Waals surface area contributed by atoms with E-state index in [1.807, 2.05) is 33.3 Å². The van der Waals surface area contributed by atoms with Gasteiger partial charge < -0.3 is 28.5 Å². The molecule has 10 heteroatoms. The minimum absolute atomic E-state index is 0.0187. The van der Waals surface area contributed by atoms with E-state index in [0.29, 0.717) is 17.4 Å². The molecule has 3 atom stereocenters. The minimum atomic E-state index is -4.69. The first-order chi connectivity index (χ1) is 36.4. The predicted octanol–water partition coefficient (Wildman–Crippen LogP) is 19.5. The molecule has 0 aliphatic heterocycles. The van der Waals surface area contributed by atoms with Crippen molar-refractivity contribution in [2.24, 2.45) is 0 Å². The van der Waals surface area contributed by atoms with Crippen LogP contribution in [0.3, 0.4) is 0 Å². The highest BCUT2D eigenvalue weighted by Crippen LogP contribution is 2.38. The van der Waals surface area contributed by atoms with Gasteiger partial charge in [-0.15, -0.1) is 0 Å². The van der Waals surface area contributed by atoms with Crippen molar-refractivity contribution in [3.8, 4) is 0 Å². The van der Waals surface area contributed by atoms with Crippen molar-refractivity contribution in [2.45, 2.75) is 341 Å². The zero-order valence-corrected chi connectivity index (χ0v) is 51.7. The lowest BCUT2D eigenvalue weighted by Gasteiger charge is -2.30. The van der Waals surface area contributed by atoms with Gasteiger partial charge in [-0.05, 0) is 57.4 Å². The molecule has 9 nitrogen and oxygen atoms in total. The normalized spacial score (nSPS) is 13.7. The van der Waals surface area contributed by atoms with Crippen LogP contribution in [0.25, 0.3) is 0 Å². The molecule has 1 N–H and O–H groups in total. The third kappa shape index (κ3) is 57.0. The van der Waals surface area contributed by atoms with Crippen LogP contribution in [-0.4, -0.2) is 69.4 Å². The van der Waals surface area contributed by atoms with Crippen molar-refractivity contribution in [3.63, 3.8) is 0 Å². The number of quaternary nitrogens is 1. The Morgan fingerprint density at radius 2 is 0.773 bits per heavy atom. The van der Waals surface area contributed by atoms with Gasteiger partial charge >= 0.3 is 5.97 Å². The van der Waals surface area contributed by atoms with Gasteiger partial charge in [0, 0.05) is 12.8 Å². The summed E-state index contributed by atoms with van der Waals surface area (Å²) in [6.07, 6.45) is 65.7. The fourth-order valence-electron chi connectivity index (χ4n) is 9.81. The molecule has 0 aromatic heterocycles. The molecule has 0 fully saturated rings. The second kappa shape index (κ2) is 55.8. The average molecular weight is 1080 g/mol. The SMILES string of the molecule is CCCCCCCC/C=C/CCCCCCCCCCCCCC(=O)NC(COP(=O)([O-])OCC[N+](C)(C)C)C(/C=C/CCCCCCCCCCC)OC(=O)CCCCCCCCCCCCCCCCCCC. The Labute approximate surface area is 466 Å². The van der Waals surface area contributed by atoms with Crippen molar-refractivity contribution in [1.29, 1.82) is 0 Å². The van der Waals surface area contributed by atoms with Crippen molar-refractivity contribution in [2.75, 3.05) is 40.9 Å². The van der Waals surface area contributed by atoms with E-state index in [-0.39, 0.29) is 31.5 Å². The first-order valence-electron chi connectivity index (χ1n) is 32.6. The summed E-state index contributed by atoms with van der Waals surface area (Å²) in [6, 6.07) is -0.882. The van der Waals surface area contributed by atoms with Crippen LogP contribution in [0.1, 0.15) is 329 Å². The fourth-order valence-corrected chi connectivity index (χ4v) is 10.5. The van der Waals surface area contributed by atoms with E-state index >= 15 is 0 Å². The maximum atomic E-state index is 13.5. The van der Waals surface area contributed by atoms with Crippen LogP contribution in [0.4, 0.5) is 0 Å².